The second kappa shape index (κ2) is 19.1. The van der Waals surface area contributed by atoms with Crippen molar-refractivity contribution in [2.24, 2.45) is 0 Å². The van der Waals surface area contributed by atoms with Crippen molar-refractivity contribution in [3.05, 3.63) is 217 Å². The van der Waals surface area contributed by atoms with E-state index in [2.05, 4.69) is 185 Å². The van der Waals surface area contributed by atoms with E-state index in [1.807, 2.05) is 0 Å². The van der Waals surface area contributed by atoms with E-state index in [1.165, 1.54) is 64.6 Å². The molecule has 2 aliphatic rings. The summed E-state index contributed by atoms with van der Waals surface area (Å²) in [6, 6.07) is 53.2. The minimum absolute atomic E-state index is 0.475. The third-order valence-electron chi connectivity index (χ3n) is 12.9. The number of hydrogen-bond donors (Lipinski definition) is 0. The number of fused-ring (bicyclic) bond motifs is 3. The van der Waals surface area contributed by atoms with Crippen LogP contribution in [0.25, 0.3) is 11.1 Å². The summed E-state index contributed by atoms with van der Waals surface area (Å²) >= 11 is -2.75. The maximum absolute atomic E-state index is 2.75. The molecular formula is C57H60Zr. The van der Waals surface area contributed by atoms with E-state index in [4.69, 9.17) is 0 Å². The van der Waals surface area contributed by atoms with E-state index in [1.54, 1.807) is 37.6 Å². The molecule has 2 atom stereocenters. The van der Waals surface area contributed by atoms with Crippen LogP contribution in [-0.2, 0) is 53.4 Å². The van der Waals surface area contributed by atoms with Crippen LogP contribution in [0.4, 0.5) is 0 Å². The molecule has 2 aliphatic carbocycles. The Hall–Kier alpha value is -4.45. The zero-order valence-electron chi connectivity index (χ0n) is 35.2. The maximum atomic E-state index is 2.71. The van der Waals surface area contributed by atoms with Gasteiger partial charge in [0.25, 0.3) is 0 Å². The molecule has 0 radical (unpaired) electrons. The molecule has 292 valence electrons. The Morgan fingerprint density at radius 2 is 1.09 bits per heavy atom. The minimum atomic E-state index is -2.75. The van der Waals surface area contributed by atoms with E-state index in [-0.39, 0.29) is 0 Å². The Kier molecular flexibility index (Phi) is 13.3. The van der Waals surface area contributed by atoms with Gasteiger partial charge in [-0.15, -0.1) is 0 Å². The Balaban J connectivity index is 1.38. The molecule has 0 fully saturated rings. The van der Waals surface area contributed by atoms with E-state index >= 15 is 0 Å². The molecule has 8 rings (SSSR count). The van der Waals surface area contributed by atoms with Gasteiger partial charge in [-0.25, -0.2) is 0 Å². The molecule has 6 aromatic carbocycles. The summed E-state index contributed by atoms with van der Waals surface area (Å²) in [5.74, 6) is 0.984. The average molecular weight is 836 g/mol. The zero-order chi connectivity index (χ0) is 39.8. The monoisotopic (exact) mass is 834 g/mol. The predicted octanol–water partition coefficient (Wildman–Crippen LogP) is 13.9. The summed E-state index contributed by atoms with van der Waals surface area (Å²) in [7, 11) is 0. The van der Waals surface area contributed by atoms with Crippen molar-refractivity contribution in [3.8, 4) is 11.1 Å². The van der Waals surface area contributed by atoms with Gasteiger partial charge in [0.05, 0.1) is 0 Å². The number of benzene rings is 6. The fraction of sp³-hybridized carbons (Fsp3) is 0.281. The number of allylic oxidation sites excluding steroid dienone is 4. The van der Waals surface area contributed by atoms with E-state index < -0.39 is 21.3 Å². The van der Waals surface area contributed by atoms with Crippen molar-refractivity contribution >= 4 is 6.48 Å². The molecule has 0 aliphatic heterocycles. The van der Waals surface area contributed by atoms with E-state index in [0.717, 1.165) is 38.5 Å². The molecule has 0 saturated carbocycles. The molecule has 1 heteroatoms. The van der Waals surface area contributed by atoms with Gasteiger partial charge in [-0.2, -0.15) is 0 Å². The van der Waals surface area contributed by atoms with Gasteiger partial charge in [-0.05, 0) is 0 Å². The van der Waals surface area contributed by atoms with Gasteiger partial charge in [0.1, 0.15) is 0 Å². The first-order chi connectivity index (χ1) is 28.5. The van der Waals surface area contributed by atoms with Gasteiger partial charge >= 0.3 is 359 Å². The summed E-state index contributed by atoms with van der Waals surface area (Å²) in [4.78, 5) is 0. The van der Waals surface area contributed by atoms with Crippen molar-refractivity contribution in [1.82, 2.24) is 0 Å². The molecular weight excluding hydrogens is 776 g/mol. The fourth-order valence-electron chi connectivity index (χ4n) is 10.2. The molecule has 58 heavy (non-hydrogen) atoms. The number of hydrogen-bond acceptors (Lipinski definition) is 0. The van der Waals surface area contributed by atoms with Crippen LogP contribution < -0.4 is 3.27 Å². The standard InChI is InChI=1S/C37H41.C15H14.C5H5.Zr/c1-5-13-30(21-28-15-9-7-10-16-28)34-24-36-32(19-26(34)3)23-33-20-27(4)35(25-37(33)36)31(14-6-2)22-29-17-11-8-12-18-29;1-3-8-14(9-4-1)12-7-13-15-10-5-2-6-11-15;1-2-4-5-3-1;/h7-12,15-19,24-25,30-31H,5-6,13-14,21-23H2,1-4H3;1-6,8-11H,12-13H2;1-3H,4H2;. The molecule has 6 aromatic rings. The van der Waals surface area contributed by atoms with Gasteiger partial charge in [-0.1, -0.05) is 0 Å². The Bertz CT molecular complexity index is 2370. The summed E-state index contributed by atoms with van der Waals surface area (Å²) in [6.45, 7) is 9.68. The third kappa shape index (κ3) is 9.07. The van der Waals surface area contributed by atoms with Crippen LogP contribution in [0.15, 0.2) is 161 Å². The number of rotatable bonds is 16. The second-order valence-electron chi connectivity index (χ2n) is 17.0. The summed E-state index contributed by atoms with van der Waals surface area (Å²) in [6.07, 6.45) is 18.5. The molecule has 0 aromatic heterocycles. The Labute approximate surface area is 357 Å². The topological polar surface area (TPSA) is 0 Å². The molecule has 0 nitrogen and oxygen atoms in total. The van der Waals surface area contributed by atoms with E-state index in [9.17, 15) is 0 Å². The first-order valence-electron chi connectivity index (χ1n) is 22.0. The van der Waals surface area contributed by atoms with Crippen molar-refractivity contribution in [2.45, 2.75) is 104 Å². The third-order valence-corrected chi connectivity index (χ3v) is 20.9. The van der Waals surface area contributed by atoms with Crippen molar-refractivity contribution < 1.29 is 21.3 Å². The predicted molar refractivity (Wildman–Crippen MR) is 247 cm³/mol. The summed E-state index contributed by atoms with van der Waals surface area (Å²) in [5.41, 5.74) is 18.2. The van der Waals surface area contributed by atoms with Crippen LogP contribution in [0.5, 0.6) is 0 Å². The van der Waals surface area contributed by atoms with Crippen molar-refractivity contribution in [3.63, 3.8) is 0 Å². The molecule has 0 spiro atoms. The first kappa shape index (κ1) is 40.3. The fourth-order valence-corrected chi connectivity index (χ4v) is 18.9. The van der Waals surface area contributed by atoms with Crippen LogP contribution in [0.1, 0.15) is 113 Å². The molecule has 0 saturated heterocycles. The molecule has 0 heterocycles. The zero-order valence-corrected chi connectivity index (χ0v) is 37.7. The quantitative estimate of drug-likeness (QED) is 0.0910. The number of aryl methyl sites for hydroxylation is 1. The second-order valence-corrected chi connectivity index (χ2v) is 23.4. The van der Waals surface area contributed by atoms with Gasteiger partial charge in [0.2, 0.25) is 0 Å². The molecule has 2 unspecified atom stereocenters. The molecule has 0 bridgehead atoms. The van der Waals surface area contributed by atoms with E-state index in [0.29, 0.717) is 11.8 Å². The summed E-state index contributed by atoms with van der Waals surface area (Å²) in [5, 5.41) is 0. The van der Waals surface area contributed by atoms with Gasteiger partial charge in [0.15, 0.2) is 0 Å². The van der Waals surface area contributed by atoms with Crippen molar-refractivity contribution in [1.29, 1.82) is 0 Å². The van der Waals surface area contributed by atoms with Crippen LogP contribution in [0.3, 0.4) is 0 Å². The van der Waals surface area contributed by atoms with Gasteiger partial charge in [-0.3, -0.25) is 0 Å². The van der Waals surface area contributed by atoms with Crippen LogP contribution in [-0.4, -0.2) is 3.21 Å². The van der Waals surface area contributed by atoms with Crippen LogP contribution in [0, 0.1) is 13.8 Å². The normalized spacial score (nSPS) is 13.8. The van der Waals surface area contributed by atoms with Gasteiger partial charge < -0.3 is 0 Å². The van der Waals surface area contributed by atoms with Crippen molar-refractivity contribution in [2.75, 3.05) is 0 Å². The van der Waals surface area contributed by atoms with Gasteiger partial charge in [0, 0.05) is 0 Å². The SMILES string of the molecule is CCCC(Cc1ccccc1)c1cc2c(cc1C)Cc1c-2cc(C(CCC)Cc2ccccc2)c(C)[c]1[Zr]([C]1=CC=CC1)=[C](Cc1ccccc1)Cc1ccccc1. The Morgan fingerprint density at radius 1 is 0.586 bits per heavy atom. The Morgan fingerprint density at radius 3 is 1.59 bits per heavy atom. The first-order valence-corrected chi connectivity index (χ1v) is 25.7. The van der Waals surface area contributed by atoms with Crippen LogP contribution in [0.2, 0.25) is 0 Å². The average Bonchev–Trinajstić information content (AvgIpc) is 3.91. The molecule has 0 N–H and O–H groups in total. The summed E-state index contributed by atoms with van der Waals surface area (Å²) < 4.78 is 5.32. The molecule has 0 amide bonds. The van der Waals surface area contributed by atoms with Crippen LogP contribution >= 0.6 is 0 Å².